The summed E-state index contributed by atoms with van der Waals surface area (Å²) >= 11 is 3.35. The van der Waals surface area contributed by atoms with E-state index in [1.807, 2.05) is 24.3 Å². The first-order chi connectivity index (χ1) is 9.70. The van der Waals surface area contributed by atoms with Crippen LogP contribution in [0.2, 0.25) is 0 Å². The van der Waals surface area contributed by atoms with Crippen molar-refractivity contribution in [3.05, 3.63) is 28.7 Å². The molecule has 1 aromatic carbocycles. The average molecular weight is 344 g/mol. The van der Waals surface area contributed by atoms with E-state index in [0.29, 0.717) is 32.8 Å². The zero-order chi connectivity index (χ0) is 14.4. The summed E-state index contributed by atoms with van der Waals surface area (Å²) in [4.78, 5) is 13.8. The van der Waals surface area contributed by atoms with Crippen molar-refractivity contribution in [1.29, 1.82) is 0 Å². The fraction of sp³-hybridized carbons (Fsp3) is 0.500. The van der Waals surface area contributed by atoms with E-state index in [2.05, 4.69) is 15.9 Å². The molecule has 1 heterocycles. The van der Waals surface area contributed by atoms with E-state index >= 15 is 0 Å². The third-order valence-corrected chi connectivity index (χ3v) is 3.69. The van der Waals surface area contributed by atoms with Crippen LogP contribution < -0.4 is 4.74 Å². The molecule has 1 saturated heterocycles. The molecule has 0 bridgehead atoms. The van der Waals surface area contributed by atoms with Crippen molar-refractivity contribution in [3.63, 3.8) is 0 Å². The molecule has 1 aliphatic rings. The maximum atomic E-state index is 12.1. The number of nitrogens with zero attached hydrogens (tertiary/aromatic N) is 1. The van der Waals surface area contributed by atoms with Crippen molar-refractivity contribution in [3.8, 4) is 5.75 Å². The van der Waals surface area contributed by atoms with Gasteiger partial charge in [0, 0.05) is 11.0 Å². The number of benzene rings is 1. The van der Waals surface area contributed by atoms with Crippen LogP contribution in [0.25, 0.3) is 0 Å². The Balaban J connectivity index is 1.78. The zero-order valence-corrected chi connectivity index (χ0v) is 12.7. The standard InChI is InChI=1S/C14H18BrNO4/c15-11-1-3-13(4-2-11)20-7-5-14(18)16-6-8-19-10-12(16)9-17/h1-4,12,17H,5-10H2. The Labute approximate surface area is 126 Å². The maximum Gasteiger partial charge on any atom is 0.226 e. The van der Waals surface area contributed by atoms with E-state index in [9.17, 15) is 9.90 Å². The minimum absolute atomic E-state index is 0.00976. The molecule has 0 radical (unpaired) electrons. The van der Waals surface area contributed by atoms with E-state index in [1.165, 1.54) is 0 Å². The van der Waals surface area contributed by atoms with Gasteiger partial charge in [-0.2, -0.15) is 0 Å². The lowest BCUT2D eigenvalue weighted by atomic mass is 10.2. The summed E-state index contributed by atoms with van der Waals surface area (Å²) in [5.41, 5.74) is 0. The van der Waals surface area contributed by atoms with Crippen molar-refractivity contribution >= 4 is 21.8 Å². The van der Waals surface area contributed by atoms with Gasteiger partial charge in [0.05, 0.1) is 38.9 Å². The van der Waals surface area contributed by atoms with Gasteiger partial charge in [0.1, 0.15) is 5.75 Å². The van der Waals surface area contributed by atoms with Gasteiger partial charge in [-0.15, -0.1) is 0 Å². The Hall–Kier alpha value is -1.11. The van der Waals surface area contributed by atoms with Gasteiger partial charge in [0.2, 0.25) is 5.91 Å². The van der Waals surface area contributed by atoms with E-state index in [1.54, 1.807) is 4.90 Å². The molecule has 1 atom stereocenters. The molecule has 2 rings (SSSR count). The first-order valence-electron chi connectivity index (χ1n) is 6.57. The Bertz CT molecular complexity index is 437. The van der Waals surface area contributed by atoms with Crippen LogP contribution in [-0.4, -0.2) is 54.9 Å². The Morgan fingerprint density at radius 2 is 2.20 bits per heavy atom. The summed E-state index contributed by atoms with van der Waals surface area (Å²) in [5, 5.41) is 9.23. The summed E-state index contributed by atoms with van der Waals surface area (Å²) < 4.78 is 11.8. The number of aliphatic hydroxyl groups is 1. The van der Waals surface area contributed by atoms with Crippen LogP contribution in [0.5, 0.6) is 5.75 Å². The summed E-state index contributed by atoms with van der Waals surface area (Å²) in [6.45, 7) is 1.71. The summed E-state index contributed by atoms with van der Waals surface area (Å²) in [5.74, 6) is 0.728. The molecule has 0 aliphatic carbocycles. The van der Waals surface area contributed by atoms with Crippen LogP contribution in [-0.2, 0) is 9.53 Å². The van der Waals surface area contributed by atoms with Gasteiger partial charge in [-0.05, 0) is 24.3 Å². The van der Waals surface area contributed by atoms with Crippen LogP contribution in [0.1, 0.15) is 6.42 Å². The number of carbonyl (C=O) groups excluding carboxylic acids is 1. The van der Waals surface area contributed by atoms with E-state index in [4.69, 9.17) is 9.47 Å². The molecule has 6 heteroatoms. The molecule has 1 aromatic rings. The van der Waals surface area contributed by atoms with Gasteiger partial charge >= 0.3 is 0 Å². The van der Waals surface area contributed by atoms with Gasteiger partial charge in [-0.1, -0.05) is 15.9 Å². The molecule has 1 fully saturated rings. The second-order valence-corrected chi connectivity index (χ2v) is 5.47. The first-order valence-corrected chi connectivity index (χ1v) is 7.36. The van der Waals surface area contributed by atoms with Gasteiger partial charge in [-0.3, -0.25) is 4.79 Å². The summed E-state index contributed by atoms with van der Waals surface area (Å²) in [6.07, 6.45) is 0.298. The quantitative estimate of drug-likeness (QED) is 0.878. The molecule has 0 spiro atoms. The SMILES string of the molecule is O=C(CCOc1ccc(Br)cc1)N1CCOCC1CO. The lowest BCUT2D eigenvalue weighted by molar-refractivity contribution is -0.142. The number of morpholine rings is 1. The molecule has 0 aromatic heterocycles. The fourth-order valence-electron chi connectivity index (χ4n) is 2.07. The number of hydrogen-bond acceptors (Lipinski definition) is 4. The molecule has 1 amide bonds. The van der Waals surface area contributed by atoms with E-state index in [0.717, 1.165) is 10.2 Å². The smallest absolute Gasteiger partial charge is 0.226 e. The van der Waals surface area contributed by atoms with Gasteiger partial charge in [0.15, 0.2) is 0 Å². The Morgan fingerprint density at radius 3 is 2.90 bits per heavy atom. The van der Waals surface area contributed by atoms with Crippen LogP contribution in [0, 0.1) is 0 Å². The second-order valence-electron chi connectivity index (χ2n) is 4.55. The predicted octanol–water partition coefficient (Wildman–Crippen LogP) is 1.44. The molecular formula is C14H18BrNO4. The van der Waals surface area contributed by atoms with Crippen molar-refractivity contribution in [2.75, 3.05) is 33.0 Å². The first kappa shape index (κ1) is 15.3. The predicted molar refractivity (Wildman–Crippen MR) is 77.7 cm³/mol. The fourth-order valence-corrected chi connectivity index (χ4v) is 2.33. The maximum absolute atomic E-state index is 12.1. The van der Waals surface area contributed by atoms with E-state index < -0.39 is 0 Å². The van der Waals surface area contributed by atoms with Crippen molar-refractivity contribution in [2.45, 2.75) is 12.5 Å². The minimum atomic E-state index is -0.232. The molecular weight excluding hydrogens is 326 g/mol. The van der Waals surface area contributed by atoms with Crippen LogP contribution in [0.3, 0.4) is 0 Å². The number of halogens is 1. The summed E-state index contributed by atoms with van der Waals surface area (Å²) in [6, 6.07) is 7.24. The number of ether oxygens (including phenoxy) is 2. The van der Waals surface area contributed by atoms with Crippen molar-refractivity contribution < 1.29 is 19.4 Å². The Morgan fingerprint density at radius 1 is 1.45 bits per heavy atom. The molecule has 110 valence electrons. The highest BCUT2D eigenvalue weighted by Gasteiger charge is 2.26. The minimum Gasteiger partial charge on any atom is -0.493 e. The summed E-state index contributed by atoms with van der Waals surface area (Å²) in [7, 11) is 0. The molecule has 1 unspecified atom stereocenters. The number of hydrogen-bond donors (Lipinski definition) is 1. The number of amides is 1. The third kappa shape index (κ3) is 4.19. The van der Waals surface area contributed by atoms with Crippen LogP contribution in [0.4, 0.5) is 0 Å². The number of carbonyl (C=O) groups is 1. The molecule has 5 nitrogen and oxygen atoms in total. The lowest BCUT2D eigenvalue weighted by Gasteiger charge is -2.34. The molecule has 0 saturated carbocycles. The largest absolute Gasteiger partial charge is 0.493 e. The highest BCUT2D eigenvalue weighted by molar-refractivity contribution is 9.10. The van der Waals surface area contributed by atoms with Gasteiger partial charge in [-0.25, -0.2) is 0 Å². The Kier molecular flexibility index (Phi) is 5.82. The topological polar surface area (TPSA) is 59.0 Å². The normalized spacial score (nSPS) is 18.9. The molecule has 1 aliphatic heterocycles. The van der Waals surface area contributed by atoms with Crippen LogP contribution >= 0.6 is 15.9 Å². The second kappa shape index (κ2) is 7.61. The number of rotatable bonds is 5. The molecule has 20 heavy (non-hydrogen) atoms. The number of aliphatic hydroxyl groups excluding tert-OH is 1. The van der Waals surface area contributed by atoms with Gasteiger partial charge < -0.3 is 19.5 Å². The monoisotopic (exact) mass is 343 g/mol. The highest BCUT2D eigenvalue weighted by atomic mass is 79.9. The zero-order valence-electron chi connectivity index (χ0n) is 11.1. The highest BCUT2D eigenvalue weighted by Crippen LogP contribution is 2.16. The molecule has 1 N–H and O–H groups in total. The van der Waals surface area contributed by atoms with Crippen molar-refractivity contribution in [2.24, 2.45) is 0 Å². The van der Waals surface area contributed by atoms with Crippen molar-refractivity contribution in [1.82, 2.24) is 4.90 Å². The third-order valence-electron chi connectivity index (χ3n) is 3.16. The lowest BCUT2D eigenvalue weighted by Crippen LogP contribution is -2.50. The van der Waals surface area contributed by atoms with E-state index in [-0.39, 0.29) is 18.6 Å². The van der Waals surface area contributed by atoms with Crippen LogP contribution in [0.15, 0.2) is 28.7 Å². The average Bonchev–Trinajstić information content (AvgIpc) is 2.49. The van der Waals surface area contributed by atoms with Gasteiger partial charge in [0.25, 0.3) is 0 Å².